The van der Waals surface area contributed by atoms with Crippen LogP contribution in [-0.4, -0.2) is 64.5 Å². The Morgan fingerprint density at radius 1 is 1.00 bits per heavy atom. The molecule has 8 nitrogen and oxygen atoms in total. The van der Waals surface area contributed by atoms with E-state index in [2.05, 4.69) is 20.8 Å². The quantitative estimate of drug-likeness (QED) is 0.448. The Labute approximate surface area is 194 Å². The minimum Gasteiger partial charge on any atom is -0.495 e. The number of esters is 1. The van der Waals surface area contributed by atoms with Gasteiger partial charge in [0.2, 0.25) is 10.0 Å². The molecule has 0 saturated carbocycles. The van der Waals surface area contributed by atoms with Crippen LogP contribution in [0.5, 0.6) is 5.75 Å². The number of Topliss-reactive ketones (excluding diaryl/α,β-unsaturated/α-hetero) is 1. The van der Waals surface area contributed by atoms with Crippen molar-refractivity contribution in [3.05, 3.63) is 59.2 Å². The Balaban J connectivity index is 1.73. The molecule has 1 aliphatic rings. The highest BCUT2D eigenvalue weighted by molar-refractivity contribution is 7.89. The first kappa shape index (κ1) is 24.9. The lowest BCUT2D eigenvalue weighted by atomic mass is 9.86. The van der Waals surface area contributed by atoms with Gasteiger partial charge in [-0.3, -0.25) is 4.79 Å². The molecule has 0 aromatic heterocycles. The number of rotatable bonds is 7. The fourth-order valence-corrected chi connectivity index (χ4v) is 4.97. The van der Waals surface area contributed by atoms with E-state index in [0.717, 1.165) is 5.56 Å². The monoisotopic (exact) mass is 475 g/mol. The molecule has 0 aliphatic carbocycles. The number of methoxy groups -OCH3 is 1. The van der Waals surface area contributed by atoms with Crippen molar-refractivity contribution in [3.8, 4) is 5.75 Å². The molecule has 0 N–H and O–H groups in total. The van der Waals surface area contributed by atoms with Crippen LogP contribution in [0.2, 0.25) is 0 Å². The molecule has 0 atom stereocenters. The molecule has 1 fully saturated rings. The second-order valence-corrected chi connectivity index (χ2v) is 10.6. The van der Waals surface area contributed by atoms with Gasteiger partial charge in [0, 0.05) is 18.7 Å². The van der Waals surface area contributed by atoms with Gasteiger partial charge in [-0.15, -0.1) is 0 Å². The van der Waals surface area contributed by atoms with E-state index in [9.17, 15) is 18.0 Å². The van der Waals surface area contributed by atoms with Gasteiger partial charge in [-0.1, -0.05) is 45.0 Å². The Morgan fingerprint density at radius 2 is 1.61 bits per heavy atom. The molecule has 1 aliphatic heterocycles. The van der Waals surface area contributed by atoms with Gasteiger partial charge in [0.25, 0.3) is 0 Å². The van der Waals surface area contributed by atoms with E-state index in [1.807, 2.05) is 12.1 Å². The van der Waals surface area contributed by atoms with Crippen molar-refractivity contribution in [2.24, 2.45) is 0 Å². The average molecular weight is 476 g/mol. The standard InChI is InChI=1S/C24H29NO7S/c1-24(2,3)19-8-5-17(6-9-19)20(26)16-32-23(27)18-7-10-21(30-4)22(15-18)33(28,29)25-11-13-31-14-12-25/h5-10,15H,11-14,16H2,1-4H3. The van der Waals surface area contributed by atoms with Crippen LogP contribution in [-0.2, 0) is 24.9 Å². The number of ether oxygens (including phenoxy) is 3. The number of carbonyl (C=O) groups excluding carboxylic acids is 2. The first-order chi connectivity index (χ1) is 15.5. The normalized spacial score (nSPS) is 15.2. The minimum absolute atomic E-state index is 0.0125. The second kappa shape index (κ2) is 10.0. The van der Waals surface area contributed by atoms with Crippen LogP contribution in [0.4, 0.5) is 0 Å². The summed E-state index contributed by atoms with van der Waals surface area (Å²) in [6, 6.07) is 11.2. The number of sulfonamides is 1. The largest absolute Gasteiger partial charge is 0.495 e. The Hall–Kier alpha value is -2.75. The zero-order valence-electron chi connectivity index (χ0n) is 19.3. The summed E-state index contributed by atoms with van der Waals surface area (Å²) in [5, 5.41) is 0. The number of morpholine rings is 1. The van der Waals surface area contributed by atoms with E-state index in [1.165, 1.54) is 29.6 Å². The fourth-order valence-electron chi connectivity index (χ4n) is 3.39. The van der Waals surface area contributed by atoms with Crippen molar-refractivity contribution < 1.29 is 32.2 Å². The first-order valence-electron chi connectivity index (χ1n) is 10.6. The molecule has 33 heavy (non-hydrogen) atoms. The van der Waals surface area contributed by atoms with Crippen LogP contribution in [0.1, 0.15) is 47.1 Å². The lowest BCUT2D eigenvalue weighted by molar-refractivity contribution is 0.0474. The summed E-state index contributed by atoms with van der Waals surface area (Å²) in [7, 11) is -2.54. The molecule has 3 rings (SSSR count). The topological polar surface area (TPSA) is 99.2 Å². The molecule has 2 aromatic carbocycles. The summed E-state index contributed by atoms with van der Waals surface area (Å²) in [6.45, 7) is 6.79. The van der Waals surface area contributed by atoms with Crippen LogP contribution in [0.3, 0.4) is 0 Å². The fraction of sp³-hybridized carbons (Fsp3) is 0.417. The summed E-state index contributed by atoms with van der Waals surface area (Å²) < 4.78 is 43.0. The van der Waals surface area contributed by atoms with Gasteiger partial charge in [0.05, 0.1) is 25.9 Å². The maximum Gasteiger partial charge on any atom is 0.338 e. The highest BCUT2D eigenvalue weighted by Crippen LogP contribution is 2.29. The van der Waals surface area contributed by atoms with Crippen molar-refractivity contribution >= 4 is 21.8 Å². The Bertz CT molecular complexity index is 1110. The maximum absolute atomic E-state index is 13.1. The van der Waals surface area contributed by atoms with Crippen molar-refractivity contribution in [2.75, 3.05) is 40.0 Å². The minimum atomic E-state index is -3.90. The van der Waals surface area contributed by atoms with Crippen LogP contribution in [0.15, 0.2) is 47.4 Å². The van der Waals surface area contributed by atoms with E-state index in [1.54, 1.807) is 12.1 Å². The molecule has 2 aromatic rings. The van der Waals surface area contributed by atoms with E-state index in [0.29, 0.717) is 18.8 Å². The highest BCUT2D eigenvalue weighted by Gasteiger charge is 2.30. The molecular weight excluding hydrogens is 446 g/mol. The summed E-state index contributed by atoms with van der Waals surface area (Å²) >= 11 is 0. The van der Waals surface area contributed by atoms with Gasteiger partial charge in [0.1, 0.15) is 10.6 Å². The lowest BCUT2D eigenvalue weighted by Crippen LogP contribution is -2.40. The third-order valence-corrected chi connectivity index (χ3v) is 7.31. The van der Waals surface area contributed by atoms with E-state index < -0.39 is 22.6 Å². The molecule has 0 unspecified atom stereocenters. The third kappa shape index (κ3) is 5.79. The predicted molar refractivity (Wildman–Crippen MR) is 122 cm³/mol. The average Bonchev–Trinajstić information content (AvgIpc) is 2.82. The number of benzene rings is 2. The molecular formula is C24H29NO7S. The summed E-state index contributed by atoms with van der Waals surface area (Å²) in [6.07, 6.45) is 0. The van der Waals surface area contributed by atoms with Gasteiger partial charge < -0.3 is 14.2 Å². The molecule has 0 radical (unpaired) electrons. The number of ketones is 1. The molecule has 0 bridgehead atoms. The number of hydrogen-bond donors (Lipinski definition) is 0. The Kier molecular flexibility index (Phi) is 7.56. The van der Waals surface area contributed by atoms with Gasteiger partial charge in [-0.05, 0) is 29.2 Å². The van der Waals surface area contributed by atoms with Crippen LogP contribution >= 0.6 is 0 Å². The van der Waals surface area contributed by atoms with Crippen molar-refractivity contribution in [2.45, 2.75) is 31.1 Å². The molecule has 9 heteroatoms. The summed E-state index contributed by atoms with van der Waals surface area (Å²) in [5.41, 5.74) is 1.49. The van der Waals surface area contributed by atoms with Crippen LogP contribution in [0.25, 0.3) is 0 Å². The molecule has 1 heterocycles. The molecule has 178 valence electrons. The third-order valence-electron chi connectivity index (χ3n) is 5.39. The first-order valence-corrected chi connectivity index (χ1v) is 12.0. The highest BCUT2D eigenvalue weighted by atomic mass is 32.2. The zero-order chi connectivity index (χ0) is 24.2. The van der Waals surface area contributed by atoms with Gasteiger partial charge in [-0.25, -0.2) is 13.2 Å². The van der Waals surface area contributed by atoms with Gasteiger partial charge in [-0.2, -0.15) is 4.31 Å². The van der Waals surface area contributed by atoms with Crippen molar-refractivity contribution in [3.63, 3.8) is 0 Å². The molecule has 0 amide bonds. The predicted octanol–water partition coefficient (Wildman–Crippen LogP) is 3.05. The van der Waals surface area contributed by atoms with E-state index >= 15 is 0 Å². The SMILES string of the molecule is COc1ccc(C(=O)OCC(=O)c2ccc(C(C)(C)C)cc2)cc1S(=O)(=O)N1CCOCC1. The lowest BCUT2D eigenvalue weighted by Gasteiger charge is -2.26. The van der Waals surface area contributed by atoms with E-state index in [-0.39, 0.29) is 40.5 Å². The van der Waals surface area contributed by atoms with Gasteiger partial charge in [0.15, 0.2) is 12.4 Å². The smallest absolute Gasteiger partial charge is 0.338 e. The maximum atomic E-state index is 13.1. The number of carbonyl (C=O) groups is 2. The van der Waals surface area contributed by atoms with Crippen molar-refractivity contribution in [1.82, 2.24) is 4.31 Å². The summed E-state index contributed by atoms with van der Waals surface area (Å²) in [4.78, 5) is 24.9. The summed E-state index contributed by atoms with van der Waals surface area (Å²) in [5.74, 6) is -1.03. The molecule has 1 saturated heterocycles. The van der Waals surface area contributed by atoms with Crippen LogP contribution < -0.4 is 4.74 Å². The van der Waals surface area contributed by atoms with Gasteiger partial charge >= 0.3 is 5.97 Å². The Morgan fingerprint density at radius 3 is 2.18 bits per heavy atom. The molecule has 0 spiro atoms. The van der Waals surface area contributed by atoms with E-state index in [4.69, 9.17) is 14.2 Å². The number of nitrogens with zero attached hydrogens (tertiary/aromatic N) is 1. The second-order valence-electron chi connectivity index (χ2n) is 8.71. The van der Waals surface area contributed by atoms with Crippen LogP contribution in [0, 0.1) is 0 Å². The van der Waals surface area contributed by atoms with Crippen molar-refractivity contribution in [1.29, 1.82) is 0 Å². The number of hydrogen-bond acceptors (Lipinski definition) is 7. The zero-order valence-corrected chi connectivity index (χ0v) is 20.1.